The van der Waals surface area contributed by atoms with Crippen molar-refractivity contribution in [2.75, 3.05) is 25.0 Å². The summed E-state index contributed by atoms with van der Waals surface area (Å²) in [6, 6.07) is 6.79. The van der Waals surface area contributed by atoms with Gasteiger partial charge in [0.15, 0.2) is 0 Å². The van der Waals surface area contributed by atoms with Gasteiger partial charge in [-0.25, -0.2) is 9.97 Å². The zero-order chi connectivity index (χ0) is 21.6. The molecule has 2 unspecified atom stereocenters. The van der Waals surface area contributed by atoms with Crippen LogP contribution in [0.4, 0.5) is 5.95 Å². The summed E-state index contributed by atoms with van der Waals surface area (Å²) in [4.78, 5) is 11.9. The number of nitrogens with zero attached hydrogens (tertiary/aromatic N) is 5. The summed E-state index contributed by atoms with van der Waals surface area (Å²) in [5, 5.41) is 9.17. The van der Waals surface area contributed by atoms with Crippen LogP contribution in [0.15, 0.2) is 36.8 Å². The maximum atomic E-state index is 4.62. The van der Waals surface area contributed by atoms with Crippen molar-refractivity contribution in [3.05, 3.63) is 36.8 Å². The standard InChI is InChI=1S/C25H34N6/c1-25(2,3)7-8-31-15-18-10-22(11-19(18)16-31)28-24-26-12-21(13-27-24)17-5-6-23-20(9-17)14-30(4)29-23/h5-6,9,12-14,18-19,22H,7-8,10-11,15-16H2,1-4H3,(H,26,27,28)/t18-,19?,22?/m1/s1. The number of aromatic nitrogens is 4. The summed E-state index contributed by atoms with van der Waals surface area (Å²) in [5.41, 5.74) is 3.59. The lowest BCUT2D eigenvalue weighted by Gasteiger charge is -2.24. The second kappa shape index (κ2) is 7.90. The molecular formula is C25H34N6. The molecule has 1 aliphatic heterocycles. The Hall–Kier alpha value is -2.47. The molecule has 1 saturated heterocycles. The molecule has 2 aliphatic rings. The van der Waals surface area contributed by atoms with Crippen molar-refractivity contribution in [2.24, 2.45) is 24.3 Å². The number of fused-ring (bicyclic) bond motifs is 2. The third-order valence-corrected chi connectivity index (χ3v) is 6.94. The molecule has 2 fully saturated rings. The zero-order valence-corrected chi connectivity index (χ0v) is 19.2. The van der Waals surface area contributed by atoms with Crippen molar-refractivity contribution in [1.82, 2.24) is 24.6 Å². The fraction of sp³-hybridized carbons (Fsp3) is 0.560. The Morgan fingerprint density at radius 3 is 2.42 bits per heavy atom. The number of hydrogen-bond acceptors (Lipinski definition) is 5. The van der Waals surface area contributed by atoms with E-state index in [9.17, 15) is 0 Å². The van der Waals surface area contributed by atoms with Gasteiger partial charge in [-0.05, 0) is 60.8 Å². The number of rotatable bonds is 5. The third kappa shape index (κ3) is 4.59. The van der Waals surface area contributed by atoms with E-state index in [1.807, 2.05) is 30.3 Å². The van der Waals surface area contributed by atoms with Gasteiger partial charge in [0.2, 0.25) is 5.95 Å². The number of hydrogen-bond donors (Lipinski definition) is 1. The van der Waals surface area contributed by atoms with Gasteiger partial charge >= 0.3 is 0 Å². The van der Waals surface area contributed by atoms with Crippen LogP contribution in [-0.2, 0) is 7.05 Å². The van der Waals surface area contributed by atoms with Crippen molar-refractivity contribution < 1.29 is 0 Å². The Morgan fingerprint density at radius 1 is 1.03 bits per heavy atom. The predicted octanol–water partition coefficient (Wildman–Crippen LogP) is 4.59. The average molecular weight is 419 g/mol. The molecular weight excluding hydrogens is 384 g/mol. The summed E-state index contributed by atoms with van der Waals surface area (Å²) < 4.78 is 1.85. The molecule has 1 aromatic carbocycles. The number of benzene rings is 1. The fourth-order valence-electron chi connectivity index (χ4n) is 5.25. The van der Waals surface area contributed by atoms with Crippen molar-refractivity contribution >= 4 is 16.9 Å². The molecule has 6 nitrogen and oxygen atoms in total. The smallest absolute Gasteiger partial charge is 0.222 e. The van der Waals surface area contributed by atoms with Crippen LogP contribution in [0, 0.1) is 17.3 Å². The monoisotopic (exact) mass is 418 g/mol. The van der Waals surface area contributed by atoms with Crippen molar-refractivity contribution in [1.29, 1.82) is 0 Å². The third-order valence-electron chi connectivity index (χ3n) is 6.94. The van der Waals surface area contributed by atoms with E-state index in [1.165, 1.54) is 38.9 Å². The minimum absolute atomic E-state index is 0.426. The number of nitrogens with one attached hydrogen (secondary N) is 1. The highest BCUT2D eigenvalue weighted by atomic mass is 15.2. The van der Waals surface area contributed by atoms with Crippen molar-refractivity contribution in [3.8, 4) is 11.1 Å². The molecule has 31 heavy (non-hydrogen) atoms. The van der Waals surface area contributed by atoms with Crippen molar-refractivity contribution in [2.45, 2.75) is 46.1 Å². The van der Waals surface area contributed by atoms with Gasteiger partial charge in [0.1, 0.15) is 0 Å². The Balaban J connectivity index is 1.17. The molecule has 164 valence electrons. The molecule has 1 saturated carbocycles. The van der Waals surface area contributed by atoms with E-state index in [-0.39, 0.29) is 0 Å². The van der Waals surface area contributed by atoms with E-state index in [0.717, 1.165) is 39.8 Å². The second-order valence-corrected chi connectivity index (χ2v) is 10.8. The molecule has 3 aromatic rings. The fourth-order valence-corrected chi connectivity index (χ4v) is 5.25. The van der Waals surface area contributed by atoms with E-state index in [0.29, 0.717) is 11.5 Å². The van der Waals surface area contributed by atoms with E-state index < -0.39 is 0 Å². The van der Waals surface area contributed by atoms with Gasteiger partial charge in [-0.2, -0.15) is 5.10 Å². The first-order valence-electron chi connectivity index (χ1n) is 11.6. The quantitative estimate of drug-likeness (QED) is 0.657. The van der Waals surface area contributed by atoms with Crippen molar-refractivity contribution in [3.63, 3.8) is 0 Å². The van der Waals surface area contributed by atoms with Crippen LogP contribution in [0.5, 0.6) is 0 Å². The Labute approximate surface area is 185 Å². The Morgan fingerprint density at radius 2 is 1.74 bits per heavy atom. The van der Waals surface area contributed by atoms with Crippen LogP contribution in [0.2, 0.25) is 0 Å². The topological polar surface area (TPSA) is 58.9 Å². The van der Waals surface area contributed by atoms with Gasteiger partial charge in [-0.15, -0.1) is 0 Å². The van der Waals surface area contributed by atoms with E-state index in [2.05, 4.69) is 64.3 Å². The Bertz CT molecular complexity index is 1030. The zero-order valence-electron chi connectivity index (χ0n) is 19.2. The van der Waals surface area contributed by atoms with Gasteiger partial charge in [0.05, 0.1) is 5.52 Å². The van der Waals surface area contributed by atoms with E-state index in [4.69, 9.17) is 0 Å². The van der Waals surface area contributed by atoms with Crippen LogP contribution in [0.25, 0.3) is 22.0 Å². The van der Waals surface area contributed by atoms with Gasteiger partial charge < -0.3 is 10.2 Å². The molecule has 3 atom stereocenters. The lowest BCUT2D eigenvalue weighted by molar-refractivity contribution is 0.250. The largest absolute Gasteiger partial charge is 0.351 e. The molecule has 3 heterocycles. The van der Waals surface area contributed by atoms with Crippen LogP contribution in [0.1, 0.15) is 40.0 Å². The van der Waals surface area contributed by atoms with Crippen LogP contribution < -0.4 is 5.32 Å². The van der Waals surface area contributed by atoms with Gasteiger partial charge in [-0.3, -0.25) is 4.68 Å². The molecule has 6 heteroatoms. The molecule has 0 amide bonds. The molecule has 0 radical (unpaired) electrons. The lowest BCUT2D eigenvalue weighted by atomic mass is 9.92. The summed E-state index contributed by atoms with van der Waals surface area (Å²) in [7, 11) is 1.95. The summed E-state index contributed by atoms with van der Waals surface area (Å²) >= 11 is 0. The first-order valence-corrected chi connectivity index (χ1v) is 11.6. The van der Waals surface area contributed by atoms with Gasteiger partial charge in [-0.1, -0.05) is 26.8 Å². The number of likely N-dealkylation sites (tertiary alicyclic amines) is 1. The minimum Gasteiger partial charge on any atom is -0.351 e. The molecule has 1 aliphatic carbocycles. The summed E-state index contributed by atoms with van der Waals surface area (Å²) in [6.45, 7) is 10.8. The minimum atomic E-state index is 0.426. The van der Waals surface area contributed by atoms with Gasteiger partial charge in [0.25, 0.3) is 0 Å². The molecule has 1 N–H and O–H groups in total. The maximum Gasteiger partial charge on any atom is 0.222 e. The molecule has 0 bridgehead atoms. The maximum absolute atomic E-state index is 4.62. The van der Waals surface area contributed by atoms with Crippen LogP contribution in [0.3, 0.4) is 0 Å². The van der Waals surface area contributed by atoms with Crippen LogP contribution in [-0.4, -0.2) is 50.3 Å². The first-order chi connectivity index (χ1) is 14.8. The summed E-state index contributed by atoms with van der Waals surface area (Å²) in [6.07, 6.45) is 9.64. The average Bonchev–Trinajstić information content (AvgIpc) is 3.37. The SMILES string of the molecule is Cn1cc2cc(-c3cnc(NC4CC5CN(CCC(C)(C)C)C[C@H]5C4)nc3)ccc2n1. The predicted molar refractivity (Wildman–Crippen MR) is 126 cm³/mol. The van der Waals surface area contributed by atoms with E-state index >= 15 is 0 Å². The highest BCUT2D eigenvalue weighted by Gasteiger charge is 2.40. The molecule has 2 aromatic heterocycles. The normalized spacial score (nSPS) is 24.1. The second-order valence-electron chi connectivity index (χ2n) is 10.8. The van der Waals surface area contributed by atoms with E-state index in [1.54, 1.807) is 0 Å². The van der Waals surface area contributed by atoms with Crippen LogP contribution >= 0.6 is 0 Å². The first kappa shape index (κ1) is 20.4. The highest BCUT2D eigenvalue weighted by Crippen LogP contribution is 2.39. The molecule has 5 rings (SSSR count). The summed E-state index contributed by atoms with van der Waals surface area (Å²) in [5.74, 6) is 2.40. The number of anilines is 1. The lowest BCUT2D eigenvalue weighted by Crippen LogP contribution is -2.28. The molecule has 0 spiro atoms. The number of aryl methyl sites for hydroxylation is 1. The highest BCUT2D eigenvalue weighted by molar-refractivity contribution is 5.83. The Kier molecular flexibility index (Phi) is 5.21. The van der Waals surface area contributed by atoms with Gasteiger partial charge in [0, 0.05) is 55.7 Å².